The highest BCUT2D eigenvalue weighted by atomic mass is 16.5. The van der Waals surface area contributed by atoms with E-state index in [-0.39, 0.29) is 0 Å². The minimum atomic E-state index is 0.544. The number of nitrogens with zero attached hydrogens (tertiary/aromatic N) is 1. The summed E-state index contributed by atoms with van der Waals surface area (Å²) in [4.78, 5) is 2.54. The summed E-state index contributed by atoms with van der Waals surface area (Å²) in [6.07, 6.45) is 2.41. The second-order valence-corrected chi connectivity index (χ2v) is 4.56. The maximum atomic E-state index is 5.75. The molecule has 3 fully saturated rings. The van der Waals surface area contributed by atoms with Crippen LogP contribution in [0.2, 0.25) is 0 Å². The van der Waals surface area contributed by atoms with Crippen molar-refractivity contribution in [3.8, 4) is 0 Å². The van der Waals surface area contributed by atoms with E-state index in [9.17, 15) is 0 Å². The Labute approximate surface area is 74.9 Å². The maximum absolute atomic E-state index is 5.75. The second-order valence-electron chi connectivity index (χ2n) is 4.56. The largest absolute Gasteiger partial charge is 0.373 e. The molecule has 0 aliphatic carbocycles. The van der Waals surface area contributed by atoms with E-state index in [2.05, 4.69) is 25.7 Å². The van der Waals surface area contributed by atoms with Crippen molar-refractivity contribution >= 4 is 0 Å². The van der Waals surface area contributed by atoms with Gasteiger partial charge in [-0.15, -0.1) is 0 Å². The van der Waals surface area contributed by atoms with Crippen molar-refractivity contribution in [3.63, 3.8) is 0 Å². The summed E-state index contributed by atoms with van der Waals surface area (Å²) in [6, 6.07) is 0.676. The molecule has 0 N–H and O–H groups in total. The Balaban J connectivity index is 2.00. The Bertz CT molecular complexity index is 163. The monoisotopic (exact) mass is 169 g/mol. The van der Waals surface area contributed by atoms with Gasteiger partial charge in [-0.1, -0.05) is 6.92 Å². The fourth-order valence-electron chi connectivity index (χ4n) is 2.22. The Hall–Kier alpha value is -0.0800. The molecular formula is C10H19NO. The summed E-state index contributed by atoms with van der Waals surface area (Å²) in [5, 5.41) is 0. The minimum absolute atomic E-state index is 0.544. The van der Waals surface area contributed by atoms with Crippen LogP contribution >= 0.6 is 0 Å². The summed E-state index contributed by atoms with van der Waals surface area (Å²) in [5.41, 5.74) is 0. The van der Waals surface area contributed by atoms with Crippen molar-refractivity contribution < 1.29 is 4.74 Å². The zero-order valence-electron chi connectivity index (χ0n) is 8.29. The standard InChI is InChI=1S/C10H19NO/c1-7(2)11-5-8(3)10-4-9(6-11)12-10/h7-10H,4-6H2,1-3H3. The first-order chi connectivity index (χ1) is 5.66. The van der Waals surface area contributed by atoms with E-state index in [1.807, 2.05) is 0 Å². The van der Waals surface area contributed by atoms with Crippen molar-refractivity contribution in [1.29, 1.82) is 0 Å². The van der Waals surface area contributed by atoms with Crippen LogP contribution < -0.4 is 0 Å². The van der Waals surface area contributed by atoms with Gasteiger partial charge < -0.3 is 4.74 Å². The van der Waals surface area contributed by atoms with E-state index in [0.29, 0.717) is 18.2 Å². The molecule has 0 aromatic carbocycles. The van der Waals surface area contributed by atoms with Crippen molar-refractivity contribution in [2.75, 3.05) is 13.1 Å². The molecule has 0 aromatic rings. The summed E-state index contributed by atoms with van der Waals surface area (Å²) >= 11 is 0. The zero-order chi connectivity index (χ0) is 8.72. The topological polar surface area (TPSA) is 12.5 Å². The van der Waals surface area contributed by atoms with Gasteiger partial charge in [0.2, 0.25) is 0 Å². The van der Waals surface area contributed by atoms with Crippen LogP contribution in [-0.4, -0.2) is 36.2 Å². The Morgan fingerprint density at radius 1 is 1.33 bits per heavy atom. The molecule has 12 heavy (non-hydrogen) atoms. The van der Waals surface area contributed by atoms with E-state index < -0.39 is 0 Å². The molecule has 0 amide bonds. The molecule has 70 valence electrons. The average molecular weight is 169 g/mol. The smallest absolute Gasteiger partial charge is 0.0730 e. The van der Waals surface area contributed by atoms with Crippen LogP contribution in [0, 0.1) is 5.92 Å². The summed E-state index contributed by atoms with van der Waals surface area (Å²) in [7, 11) is 0. The van der Waals surface area contributed by atoms with Gasteiger partial charge in [-0.2, -0.15) is 0 Å². The highest BCUT2D eigenvalue weighted by Gasteiger charge is 2.39. The molecule has 0 radical (unpaired) electrons. The zero-order valence-corrected chi connectivity index (χ0v) is 8.29. The molecule has 3 atom stereocenters. The first-order valence-electron chi connectivity index (χ1n) is 5.06. The molecular weight excluding hydrogens is 150 g/mol. The van der Waals surface area contributed by atoms with E-state index >= 15 is 0 Å². The highest BCUT2D eigenvalue weighted by molar-refractivity contribution is 4.90. The molecule has 2 heteroatoms. The Kier molecular flexibility index (Phi) is 2.13. The first-order valence-corrected chi connectivity index (χ1v) is 5.06. The van der Waals surface area contributed by atoms with Gasteiger partial charge >= 0.3 is 0 Å². The quantitative estimate of drug-likeness (QED) is 0.590. The maximum Gasteiger partial charge on any atom is 0.0730 e. The van der Waals surface area contributed by atoms with Gasteiger partial charge in [0.25, 0.3) is 0 Å². The third-order valence-corrected chi connectivity index (χ3v) is 3.19. The van der Waals surface area contributed by atoms with E-state index in [4.69, 9.17) is 4.74 Å². The fraction of sp³-hybridized carbons (Fsp3) is 1.00. The molecule has 0 saturated carbocycles. The van der Waals surface area contributed by atoms with Gasteiger partial charge in [-0.05, 0) is 19.8 Å². The summed E-state index contributed by atoms with van der Waals surface area (Å²) < 4.78 is 5.75. The van der Waals surface area contributed by atoms with E-state index in [0.717, 1.165) is 12.5 Å². The number of hydrogen-bond acceptors (Lipinski definition) is 2. The third-order valence-electron chi connectivity index (χ3n) is 3.19. The molecule has 2 nitrogen and oxygen atoms in total. The van der Waals surface area contributed by atoms with Crippen molar-refractivity contribution in [3.05, 3.63) is 0 Å². The second kappa shape index (κ2) is 3.00. The molecule has 3 rings (SSSR count). The molecule has 3 heterocycles. The normalized spacial score (nSPS) is 42.5. The summed E-state index contributed by atoms with van der Waals surface area (Å²) in [5.74, 6) is 0.728. The summed E-state index contributed by atoms with van der Waals surface area (Å²) in [6.45, 7) is 9.23. The van der Waals surface area contributed by atoms with Crippen LogP contribution in [0.25, 0.3) is 0 Å². The fourth-order valence-corrected chi connectivity index (χ4v) is 2.22. The first kappa shape index (κ1) is 8.52. The molecule has 3 aliphatic heterocycles. The third kappa shape index (κ3) is 1.38. The van der Waals surface area contributed by atoms with Crippen LogP contribution in [0.4, 0.5) is 0 Å². The van der Waals surface area contributed by atoms with Crippen LogP contribution in [0.5, 0.6) is 0 Å². The lowest BCUT2D eigenvalue weighted by molar-refractivity contribution is -0.132. The molecule has 2 bridgehead atoms. The van der Waals surface area contributed by atoms with Crippen molar-refractivity contribution in [2.45, 2.75) is 45.4 Å². The highest BCUT2D eigenvalue weighted by Crippen LogP contribution is 2.32. The number of rotatable bonds is 1. The predicted octanol–water partition coefficient (Wildman–Crippen LogP) is 1.50. The lowest BCUT2D eigenvalue weighted by Crippen LogP contribution is -2.42. The van der Waals surface area contributed by atoms with Gasteiger partial charge in [-0.25, -0.2) is 0 Å². The van der Waals surface area contributed by atoms with E-state index in [1.165, 1.54) is 13.0 Å². The molecule has 3 saturated heterocycles. The van der Waals surface area contributed by atoms with Crippen molar-refractivity contribution in [1.82, 2.24) is 4.90 Å². The van der Waals surface area contributed by atoms with Gasteiger partial charge in [0.05, 0.1) is 12.2 Å². The van der Waals surface area contributed by atoms with Crippen LogP contribution in [-0.2, 0) is 4.74 Å². The SMILES string of the molecule is CC1CN(C(C)C)CC2CC1O2. The molecule has 0 spiro atoms. The average Bonchev–Trinajstić information content (AvgIpc) is 2.13. The molecule has 3 aliphatic rings. The lowest BCUT2D eigenvalue weighted by atomic mass is 9.96. The van der Waals surface area contributed by atoms with Crippen LogP contribution in [0.15, 0.2) is 0 Å². The predicted molar refractivity (Wildman–Crippen MR) is 49.2 cm³/mol. The van der Waals surface area contributed by atoms with Gasteiger partial charge in [0.1, 0.15) is 0 Å². The van der Waals surface area contributed by atoms with Crippen LogP contribution in [0.3, 0.4) is 0 Å². The number of ether oxygens (including phenoxy) is 1. The Morgan fingerprint density at radius 3 is 2.58 bits per heavy atom. The van der Waals surface area contributed by atoms with Crippen molar-refractivity contribution in [2.24, 2.45) is 5.92 Å². The van der Waals surface area contributed by atoms with Gasteiger partial charge in [0.15, 0.2) is 0 Å². The van der Waals surface area contributed by atoms with Crippen LogP contribution in [0.1, 0.15) is 27.2 Å². The Morgan fingerprint density at radius 2 is 2.00 bits per heavy atom. The lowest BCUT2D eigenvalue weighted by Gasteiger charge is -2.35. The number of fused-ring (bicyclic) bond motifs is 3. The van der Waals surface area contributed by atoms with E-state index in [1.54, 1.807) is 0 Å². The molecule has 0 aromatic heterocycles. The number of hydrogen-bond donors (Lipinski definition) is 0. The van der Waals surface area contributed by atoms with Gasteiger partial charge in [-0.3, -0.25) is 4.90 Å². The molecule has 3 unspecified atom stereocenters. The van der Waals surface area contributed by atoms with Gasteiger partial charge in [0, 0.05) is 25.6 Å². The minimum Gasteiger partial charge on any atom is -0.373 e.